The summed E-state index contributed by atoms with van der Waals surface area (Å²) in [5.74, 6) is 4.60. The van der Waals surface area contributed by atoms with Gasteiger partial charge in [0.15, 0.2) is 0 Å². The first-order valence-corrected chi connectivity index (χ1v) is 8.90. The third kappa shape index (κ3) is 3.58. The average Bonchev–Trinajstić information content (AvgIpc) is 2.40. The van der Waals surface area contributed by atoms with Crippen LogP contribution in [0.25, 0.3) is 0 Å². The molecule has 100 valence electrons. The molecule has 0 aromatic carbocycles. The Bertz CT molecular complexity index is 187. The maximum Gasteiger partial charge on any atom is 0.127 e. The minimum atomic E-state index is 1.15. The normalized spacial score (nSPS) is 41.8. The highest BCUT2D eigenvalue weighted by Gasteiger charge is 2.27. The number of hydrogen-bond donors (Lipinski definition) is 0. The van der Waals surface area contributed by atoms with Gasteiger partial charge < -0.3 is 0 Å². The molecule has 0 radical (unpaired) electrons. The van der Waals surface area contributed by atoms with Crippen molar-refractivity contribution in [3.63, 3.8) is 0 Å². The van der Waals surface area contributed by atoms with E-state index in [2.05, 4.69) is 0 Å². The smallest absolute Gasteiger partial charge is 0.0654 e. The summed E-state index contributed by atoms with van der Waals surface area (Å²) >= 11 is 0. The lowest BCUT2D eigenvalue weighted by Gasteiger charge is -2.32. The van der Waals surface area contributed by atoms with Gasteiger partial charge in [0.1, 0.15) is 14.6 Å². The van der Waals surface area contributed by atoms with Gasteiger partial charge >= 0.3 is 0 Å². The molecule has 2 heteroatoms. The van der Waals surface area contributed by atoms with Gasteiger partial charge in [-0.2, -0.15) is 0 Å². The van der Waals surface area contributed by atoms with E-state index < -0.39 is 0 Å². The molecule has 4 saturated heterocycles. The minimum absolute atomic E-state index is 1.15. The third-order valence-corrected chi connectivity index (χ3v) is 6.23. The Hall–Kier alpha value is 0.130. The quantitative estimate of drug-likeness (QED) is 0.540. The summed E-state index contributed by atoms with van der Waals surface area (Å²) in [7, 11) is 3.17. The van der Waals surface area contributed by atoms with Gasteiger partial charge in [0.05, 0.1) is 0 Å². The second-order valence-corrected chi connectivity index (χ2v) is 7.66. The van der Waals surface area contributed by atoms with Crippen LogP contribution in [0, 0.1) is 0 Å². The number of hydrogen-bond acceptors (Lipinski definition) is 0. The molecule has 4 heterocycles. The van der Waals surface area contributed by atoms with Gasteiger partial charge in [-0.05, 0) is 0 Å². The van der Waals surface area contributed by atoms with Crippen LogP contribution in [0.3, 0.4) is 0 Å². The highest BCUT2D eigenvalue weighted by molar-refractivity contribution is 6.40. The van der Waals surface area contributed by atoms with Gasteiger partial charge in [0.25, 0.3) is 0 Å². The van der Waals surface area contributed by atoms with E-state index in [4.69, 9.17) is 0 Å². The molecule has 4 fully saturated rings. The fourth-order valence-corrected chi connectivity index (χ4v) is 5.24. The highest BCUT2D eigenvalue weighted by Crippen LogP contribution is 2.41. The third-order valence-electron chi connectivity index (χ3n) is 6.23. The van der Waals surface area contributed by atoms with Crippen LogP contribution in [-0.4, -0.2) is 14.6 Å². The predicted molar refractivity (Wildman–Crippen MR) is 84.7 cm³/mol. The molecule has 0 amide bonds. The SMILES string of the molecule is B1C2CCCC1CCC2.B1C2CCCC1CCC2. The molecule has 0 spiro atoms. The molecule has 18 heavy (non-hydrogen) atoms. The van der Waals surface area contributed by atoms with Crippen molar-refractivity contribution in [2.45, 2.75) is 100 Å². The Labute approximate surface area is 115 Å². The molecule has 0 aromatic rings. The lowest BCUT2D eigenvalue weighted by Crippen LogP contribution is -2.21. The van der Waals surface area contributed by atoms with Gasteiger partial charge in [0, 0.05) is 0 Å². The maximum absolute atomic E-state index is 1.58. The van der Waals surface area contributed by atoms with Gasteiger partial charge in [-0.15, -0.1) is 0 Å². The fraction of sp³-hybridized carbons (Fsp3) is 1.00. The zero-order chi connectivity index (χ0) is 12.2. The van der Waals surface area contributed by atoms with Crippen LogP contribution in [0.15, 0.2) is 0 Å². The van der Waals surface area contributed by atoms with E-state index in [0.29, 0.717) is 0 Å². The van der Waals surface area contributed by atoms with Crippen molar-refractivity contribution in [2.24, 2.45) is 0 Å². The summed E-state index contributed by atoms with van der Waals surface area (Å²) < 4.78 is 0. The molecule has 4 bridgehead atoms. The zero-order valence-corrected chi connectivity index (χ0v) is 12.2. The van der Waals surface area contributed by atoms with Crippen LogP contribution in [0.5, 0.6) is 0 Å². The molecule has 0 N–H and O–H groups in total. The number of fused-ring (bicyclic) bond motifs is 4. The Morgan fingerprint density at radius 1 is 0.389 bits per heavy atom. The van der Waals surface area contributed by atoms with Crippen molar-refractivity contribution < 1.29 is 0 Å². The monoisotopic (exact) mass is 244 g/mol. The summed E-state index contributed by atoms with van der Waals surface area (Å²) in [5.41, 5.74) is 0. The van der Waals surface area contributed by atoms with Gasteiger partial charge in [-0.25, -0.2) is 0 Å². The Morgan fingerprint density at radius 2 is 0.611 bits per heavy atom. The van der Waals surface area contributed by atoms with Crippen molar-refractivity contribution in [1.82, 2.24) is 0 Å². The fourth-order valence-electron chi connectivity index (χ4n) is 5.24. The van der Waals surface area contributed by atoms with Crippen molar-refractivity contribution in [1.29, 1.82) is 0 Å². The summed E-state index contributed by atoms with van der Waals surface area (Å²) in [6.07, 6.45) is 18.6. The van der Waals surface area contributed by atoms with E-state index in [1.54, 1.807) is 65.9 Å². The van der Waals surface area contributed by atoms with Crippen LogP contribution in [0.4, 0.5) is 0 Å². The first-order chi connectivity index (χ1) is 8.90. The summed E-state index contributed by atoms with van der Waals surface area (Å²) in [6, 6.07) is 0. The first-order valence-electron chi connectivity index (χ1n) is 8.90. The molecular weight excluding hydrogens is 214 g/mol. The molecule has 4 rings (SSSR count). The van der Waals surface area contributed by atoms with Crippen molar-refractivity contribution >= 4 is 14.6 Å². The van der Waals surface area contributed by atoms with Crippen molar-refractivity contribution in [3.05, 3.63) is 0 Å². The molecule has 0 aromatic heterocycles. The molecule has 4 aliphatic rings. The average molecular weight is 244 g/mol. The zero-order valence-electron chi connectivity index (χ0n) is 12.2. The van der Waals surface area contributed by atoms with E-state index in [1.807, 2.05) is 0 Å². The molecular formula is C16H30B2. The van der Waals surface area contributed by atoms with E-state index in [-0.39, 0.29) is 0 Å². The van der Waals surface area contributed by atoms with Crippen LogP contribution < -0.4 is 0 Å². The van der Waals surface area contributed by atoms with Gasteiger partial charge in [-0.3, -0.25) is 0 Å². The van der Waals surface area contributed by atoms with Gasteiger partial charge in [0.2, 0.25) is 0 Å². The molecule has 0 atom stereocenters. The standard InChI is InChI=1S/2C8H15B/c2*1-3-7-5-2-6-8(4-1)9-7/h2*7-9H,1-6H2. The summed E-state index contributed by atoms with van der Waals surface area (Å²) in [6.45, 7) is 0. The van der Waals surface area contributed by atoms with Crippen LogP contribution in [0.1, 0.15) is 77.0 Å². The van der Waals surface area contributed by atoms with Crippen molar-refractivity contribution in [3.8, 4) is 0 Å². The Kier molecular flexibility index (Phi) is 4.76. The molecule has 0 saturated carbocycles. The highest BCUT2D eigenvalue weighted by atomic mass is 14.2. The largest absolute Gasteiger partial charge is 0.127 e. The van der Waals surface area contributed by atoms with Crippen LogP contribution >= 0.6 is 0 Å². The van der Waals surface area contributed by atoms with E-state index in [9.17, 15) is 0 Å². The Morgan fingerprint density at radius 3 is 0.778 bits per heavy atom. The topological polar surface area (TPSA) is 0 Å². The Balaban J connectivity index is 0.000000111. The second kappa shape index (κ2) is 6.53. The van der Waals surface area contributed by atoms with E-state index in [0.717, 1.165) is 23.3 Å². The van der Waals surface area contributed by atoms with Crippen molar-refractivity contribution in [2.75, 3.05) is 0 Å². The first kappa shape index (κ1) is 13.1. The maximum atomic E-state index is 1.58. The molecule has 0 nitrogen and oxygen atoms in total. The molecule has 4 aliphatic heterocycles. The predicted octanol–water partition coefficient (Wildman–Crippen LogP) is 4.74. The van der Waals surface area contributed by atoms with E-state index >= 15 is 0 Å². The summed E-state index contributed by atoms with van der Waals surface area (Å²) in [5, 5.41) is 0. The molecule has 0 aliphatic carbocycles. The lowest BCUT2D eigenvalue weighted by atomic mass is 9.44. The lowest BCUT2D eigenvalue weighted by molar-refractivity contribution is 0.454. The minimum Gasteiger partial charge on any atom is -0.0654 e. The second-order valence-electron chi connectivity index (χ2n) is 7.66. The van der Waals surface area contributed by atoms with Gasteiger partial charge in [-0.1, -0.05) is 100 Å². The molecule has 0 unspecified atom stereocenters. The summed E-state index contributed by atoms with van der Waals surface area (Å²) in [4.78, 5) is 0. The number of rotatable bonds is 0. The van der Waals surface area contributed by atoms with Crippen LogP contribution in [0.2, 0.25) is 23.3 Å². The van der Waals surface area contributed by atoms with Crippen LogP contribution in [-0.2, 0) is 0 Å². The van der Waals surface area contributed by atoms with E-state index in [1.165, 1.54) is 25.7 Å².